The Hall–Kier alpha value is -1.56. The Morgan fingerprint density at radius 2 is 1.94 bits per heavy atom. The molecule has 0 heteroatoms. The van der Waals surface area contributed by atoms with Crippen molar-refractivity contribution in [3.63, 3.8) is 0 Å². The van der Waals surface area contributed by atoms with Gasteiger partial charge in [-0.1, -0.05) is 62.6 Å². The van der Waals surface area contributed by atoms with E-state index in [9.17, 15) is 0 Å². The molecule has 0 aromatic rings. The predicted octanol–water partition coefficient (Wildman–Crippen LogP) is 5.14. The second kappa shape index (κ2) is 8.72. The van der Waals surface area contributed by atoms with Crippen LogP contribution in [0.2, 0.25) is 0 Å². The summed E-state index contributed by atoms with van der Waals surface area (Å²) in [5, 5.41) is 0. The monoisotopic (exact) mass is 214 g/mol. The van der Waals surface area contributed by atoms with Gasteiger partial charge in [-0.05, 0) is 37.0 Å². The fourth-order valence-corrected chi connectivity index (χ4v) is 1.20. The number of allylic oxidation sites excluding steroid dienone is 10. The minimum absolute atomic E-state index is 1.03. The van der Waals surface area contributed by atoms with Crippen LogP contribution in [0, 0.1) is 0 Å². The van der Waals surface area contributed by atoms with E-state index in [4.69, 9.17) is 0 Å². The van der Waals surface area contributed by atoms with Crippen LogP contribution in [0.5, 0.6) is 0 Å². The van der Waals surface area contributed by atoms with Gasteiger partial charge in [-0.25, -0.2) is 0 Å². The molecule has 0 bridgehead atoms. The number of hydrogen-bond acceptors (Lipinski definition) is 0. The highest BCUT2D eigenvalue weighted by Crippen LogP contribution is 2.18. The molecule has 0 nitrogen and oxygen atoms in total. The fraction of sp³-hybridized carbons (Fsp3) is 0.250. The van der Waals surface area contributed by atoms with Gasteiger partial charge in [-0.15, -0.1) is 0 Å². The molecule has 0 atom stereocenters. The van der Waals surface area contributed by atoms with Crippen LogP contribution in [0.3, 0.4) is 0 Å². The highest BCUT2D eigenvalue weighted by Gasteiger charge is 1.99. The molecule has 0 amide bonds. The highest BCUT2D eigenvalue weighted by atomic mass is 14.0. The maximum absolute atomic E-state index is 4.11. The topological polar surface area (TPSA) is 0 Å². The SMILES string of the molecule is C=C/C=C(\C=C/CC)C(=C)/C(C)=C\C=C/C. The number of rotatable bonds is 6. The molecular formula is C16H22. The van der Waals surface area contributed by atoms with Gasteiger partial charge in [0.1, 0.15) is 0 Å². The van der Waals surface area contributed by atoms with Crippen LogP contribution < -0.4 is 0 Å². The molecule has 0 spiro atoms. The van der Waals surface area contributed by atoms with Crippen molar-refractivity contribution in [1.82, 2.24) is 0 Å². The molecule has 0 rings (SSSR count). The molecule has 0 saturated heterocycles. The van der Waals surface area contributed by atoms with Crippen LogP contribution in [0.1, 0.15) is 27.2 Å². The maximum atomic E-state index is 4.11. The molecule has 0 fully saturated rings. The molecule has 0 aliphatic heterocycles. The lowest BCUT2D eigenvalue weighted by atomic mass is 9.99. The zero-order valence-electron chi connectivity index (χ0n) is 10.7. The summed E-state index contributed by atoms with van der Waals surface area (Å²) < 4.78 is 0. The van der Waals surface area contributed by atoms with Crippen molar-refractivity contribution in [2.45, 2.75) is 27.2 Å². The van der Waals surface area contributed by atoms with E-state index in [-0.39, 0.29) is 0 Å². The minimum Gasteiger partial charge on any atom is -0.0990 e. The van der Waals surface area contributed by atoms with E-state index >= 15 is 0 Å². The average molecular weight is 214 g/mol. The van der Waals surface area contributed by atoms with Gasteiger partial charge in [0.2, 0.25) is 0 Å². The van der Waals surface area contributed by atoms with Crippen LogP contribution in [-0.2, 0) is 0 Å². The van der Waals surface area contributed by atoms with Crippen molar-refractivity contribution >= 4 is 0 Å². The summed E-state index contributed by atoms with van der Waals surface area (Å²) in [5.41, 5.74) is 3.34. The Balaban J connectivity index is 4.96. The van der Waals surface area contributed by atoms with Crippen molar-refractivity contribution in [1.29, 1.82) is 0 Å². The first-order valence-corrected chi connectivity index (χ1v) is 5.65. The summed E-state index contributed by atoms with van der Waals surface area (Å²) >= 11 is 0. The third kappa shape index (κ3) is 5.35. The molecule has 0 aliphatic rings. The molecule has 0 saturated carbocycles. The van der Waals surface area contributed by atoms with Gasteiger partial charge in [-0.2, -0.15) is 0 Å². The molecule has 0 aromatic carbocycles. The summed E-state index contributed by atoms with van der Waals surface area (Å²) in [6.07, 6.45) is 15.1. The lowest BCUT2D eigenvalue weighted by molar-refractivity contribution is 1.22. The molecule has 86 valence electrons. The highest BCUT2D eigenvalue weighted by molar-refractivity contribution is 5.51. The first-order chi connectivity index (χ1) is 7.67. The third-order valence-electron chi connectivity index (χ3n) is 2.19. The summed E-state index contributed by atoms with van der Waals surface area (Å²) in [6, 6.07) is 0. The Labute approximate surface area is 100 Å². The minimum atomic E-state index is 1.03. The Morgan fingerprint density at radius 1 is 1.25 bits per heavy atom. The van der Waals surface area contributed by atoms with Gasteiger partial charge < -0.3 is 0 Å². The van der Waals surface area contributed by atoms with Gasteiger partial charge in [0.25, 0.3) is 0 Å². The van der Waals surface area contributed by atoms with E-state index in [1.54, 1.807) is 6.08 Å². The standard InChI is InChI=1S/C16H22/c1-6-9-12-14(4)15(5)16(11-8-3)13-10-7-2/h6,8-13H,3,5,7H2,1-2,4H3/b9-6-,13-10-,14-12-,16-11+. The smallest absolute Gasteiger partial charge is 0.0191 e. The van der Waals surface area contributed by atoms with Crippen molar-refractivity contribution in [3.8, 4) is 0 Å². The molecule has 0 N–H and O–H groups in total. The van der Waals surface area contributed by atoms with Crippen molar-refractivity contribution in [3.05, 3.63) is 72.4 Å². The Kier molecular flexibility index (Phi) is 7.87. The first-order valence-electron chi connectivity index (χ1n) is 5.65. The Morgan fingerprint density at radius 3 is 2.44 bits per heavy atom. The van der Waals surface area contributed by atoms with E-state index in [1.807, 2.05) is 25.2 Å². The van der Waals surface area contributed by atoms with Crippen LogP contribution in [-0.4, -0.2) is 0 Å². The zero-order valence-corrected chi connectivity index (χ0v) is 10.7. The van der Waals surface area contributed by atoms with Gasteiger partial charge in [0.05, 0.1) is 0 Å². The normalized spacial score (nSPS) is 13.7. The van der Waals surface area contributed by atoms with Gasteiger partial charge in [0.15, 0.2) is 0 Å². The predicted molar refractivity (Wildman–Crippen MR) is 75.4 cm³/mol. The van der Waals surface area contributed by atoms with E-state index in [0.29, 0.717) is 0 Å². The third-order valence-corrected chi connectivity index (χ3v) is 2.19. The first kappa shape index (κ1) is 14.4. The largest absolute Gasteiger partial charge is 0.0990 e. The lowest BCUT2D eigenvalue weighted by Gasteiger charge is -2.06. The average Bonchev–Trinajstić information content (AvgIpc) is 2.30. The number of hydrogen-bond donors (Lipinski definition) is 0. The second-order valence-electron chi connectivity index (χ2n) is 3.52. The second-order valence-corrected chi connectivity index (χ2v) is 3.52. The van der Waals surface area contributed by atoms with Gasteiger partial charge in [-0.3, -0.25) is 0 Å². The summed E-state index contributed by atoms with van der Waals surface area (Å²) in [4.78, 5) is 0. The quantitative estimate of drug-likeness (QED) is 0.537. The summed E-state index contributed by atoms with van der Waals surface area (Å²) in [7, 11) is 0. The zero-order chi connectivity index (χ0) is 12.4. The van der Waals surface area contributed by atoms with Crippen molar-refractivity contribution < 1.29 is 0 Å². The van der Waals surface area contributed by atoms with E-state index < -0.39 is 0 Å². The van der Waals surface area contributed by atoms with E-state index in [1.165, 1.54) is 5.57 Å². The summed E-state index contributed by atoms with van der Waals surface area (Å²) in [5.74, 6) is 0. The van der Waals surface area contributed by atoms with Gasteiger partial charge in [0, 0.05) is 0 Å². The molecule has 16 heavy (non-hydrogen) atoms. The van der Waals surface area contributed by atoms with Crippen LogP contribution in [0.4, 0.5) is 0 Å². The van der Waals surface area contributed by atoms with Crippen LogP contribution in [0.15, 0.2) is 72.4 Å². The molecule has 0 radical (unpaired) electrons. The molecule has 0 aliphatic carbocycles. The van der Waals surface area contributed by atoms with E-state index in [0.717, 1.165) is 17.6 Å². The van der Waals surface area contributed by atoms with Crippen LogP contribution >= 0.6 is 0 Å². The van der Waals surface area contributed by atoms with Gasteiger partial charge >= 0.3 is 0 Å². The Bertz CT molecular complexity index is 346. The van der Waals surface area contributed by atoms with Crippen molar-refractivity contribution in [2.24, 2.45) is 0 Å². The molecular weight excluding hydrogens is 192 g/mol. The van der Waals surface area contributed by atoms with Crippen LogP contribution in [0.25, 0.3) is 0 Å². The molecule has 0 heterocycles. The molecule has 0 aromatic heterocycles. The molecule has 0 unspecified atom stereocenters. The van der Waals surface area contributed by atoms with E-state index in [2.05, 4.69) is 45.2 Å². The maximum Gasteiger partial charge on any atom is -0.0191 e. The summed E-state index contributed by atoms with van der Waals surface area (Å²) in [6.45, 7) is 14.0. The lowest BCUT2D eigenvalue weighted by Crippen LogP contribution is -1.87. The fourth-order valence-electron chi connectivity index (χ4n) is 1.20. The van der Waals surface area contributed by atoms with Crippen molar-refractivity contribution in [2.75, 3.05) is 0 Å².